The normalized spacial score (nSPS) is 18.6. The summed E-state index contributed by atoms with van der Waals surface area (Å²) < 4.78 is 6.05. The molecular weight excluding hydrogens is 486 g/mol. The van der Waals surface area contributed by atoms with Crippen LogP contribution in [0.2, 0.25) is 0 Å². The fraction of sp³-hybridized carbons (Fsp3) is 0.576. The SMILES string of the molecule is CCCN1C(=O)CN(C[C@@H](C)OCc2ccccc2)C(=O)C12CCN(CCCCCCc1ccccc1)CC2. The first-order valence-electron chi connectivity index (χ1n) is 15.0. The van der Waals surface area contributed by atoms with Crippen molar-refractivity contribution in [1.82, 2.24) is 14.7 Å². The van der Waals surface area contributed by atoms with Crippen LogP contribution in [0.1, 0.15) is 69.9 Å². The summed E-state index contributed by atoms with van der Waals surface area (Å²) in [5.41, 5.74) is 1.84. The Kier molecular flexibility index (Phi) is 11.0. The molecule has 2 fully saturated rings. The molecule has 0 aliphatic carbocycles. The molecule has 2 heterocycles. The molecule has 2 aliphatic heterocycles. The lowest BCUT2D eigenvalue weighted by Crippen LogP contribution is -2.71. The number of unbranched alkanes of at least 4 members (excludes halogenated alkanes) is 3. The molecule has 39 heavy (non-hydrogen) atoms. The third kappa shape index (κ3) is 7.92. The Balaban J connectivity index is 1.26. The Labute approximate surface area is 235 Å². The van der Waals surface area contributed by atoms with Gasteiger partial charge >= 0.3 is 0 Å². The maximum atomic E-state index is 14.0. The van der Waals surface area contributed by atoms with Gasteiger partial charge in [0.25, 0.3) is 0 Å². The van der Waals surface area contributed by atoms with Gasteiger partial charge in [-0.15, -0.1) is 0 Å². The van der Waals surface area contributed by atoms with Crippen LogP contribution in [0.3, 0.4) is 0 Å². The highest BCUT2D eigenvalue weighted by Gasteiger charge is 2.53. The number of ether oxygens (including phenoxy) is 1. The number of amides is 2. The number of nitrogens with zero attached hydrogens (tertiary/aromatic N) is 3. The molecule has 1 spiro atoms. The Morgan fingerprint density at radius 1 is 0.846 bits per heavy atom. The quantitative estimate of drug-likeness (QED) is 0.309. The number of carbonyl (C=O) groups excluding carboxylic acids is 2. The van der Waals surface area contributed by atoms with E-state index in [-0.39, 0.29) is 24.5 Å². The maximum Gasteiger partial charge on any atom is 0.249 e. The van der Waals surface area contributed by atoms with E-state index in [0.717, 1.165) is 50.9 Å². The largest absolute Gasteiger partial charge is 0.372 e. The van der Waals surface area contributed by atoms with Crippen molar-refractivity contribution >= 4 is 11.8 Å². The zero-order valence-electron chi connectivity index (χ0n) is 24.0. The zero-order chi connectivity index (χ0) is 27.5. The summed E-state index contributed by atoms with van der Waals surface area (Å²) in [5, 5.41) is 0. The summed E-state index contributed by atoms with van der Waals surface area (Å²) in [6.07, 6.45) is 8.25. The summed E-state index contributed by atoms with van der Waals surface area (Å²) in [6.45, 7) is 8.67. The van der Waals surface area contributed by atoms with Crippen LogP contribution < -0.4 is 0 Å². The lowest BCUT2D eigenvalue weighted by atomic mass is 9.81. The number of benzene rings is 2. The molecule has 2 amide bonds. The topological polar surface area (TPSA) is 53.1 Å². The summed E-state index contributed by atoms with van der Waals surface area (Å²) in [5.74, 6) is 0.199. The van der Waals surface area contributed by atoms with E-state index in [2.05, 4.69) is 42.2 Å². The van der Waals surface area contributed by atoms with E-state index in [0.29, 0.717) is 19.7 Å². The first-order valence-corrected chi connectivity index (χ1v) is 15.0. The summed E-state index contributed by atoms with van der Waals surface area (Å²) in [6, 6.07) is 20.8. The van der Waals surface area contributed by atoms with E-state index in [1.165, 1.54) is 31.2 Å². The minimum atomic E-state index is -0.698. The number of piperazine rings is 1. The lowest BCUT2D eigenvalue weighted by molar-refractivity contribution is -0.170. The molecule has 212 valence electrons. The molecule has 0 aromatic heterocycles. The van der Waals surface area contributed by atoms with Gasteiger partial charge in [-0.3, -0.25) is 9.59 Å². The van der Waals surface area contributed by atoms with Gasteiger partial charge in [0.2, 0.25) is 11.8 Å². The van der Waals surface area contributed by atoms with E-state index in [1.807, 2.05) is 42.2 Å². The highest BCUT2D eigenvalue weighted by atomic mass is 16.5. The predicted octanol–water partition coefficient (Wildman–Crippen LogP) is 5.31. The molecule has 1 atom stereocenters. The van der Waals surface area contributed by atoms with Crippen molar-refractivity contribution in [1.29, 1.82) is 0 Å². The van der Waals surface area contributed by atoms with Gasteiger partial charge in [0, 0.05) is 26.2 Å². The number of rotatable bonds is 14. The van der Waals surface area contributed by atoms with E-state index < -0.39 is 5.54 Å². The zero-order valence-corrected chi connectivity index (χ0v) is 24.0. The van der Waals surface area contributed by atoms with Gasteiger partial charge < -0.3 is 19.4 Å². The highest BCUT2D eigenvalue weighted by Crippen LogP contribution is 2.35. The number of hydrogen-bond donors (Lipinski definition) is 0. The molecular formula is C33H47N3O3. The van der Waals surface area contributed by atoms with Gasteiger partial charge in [-0.2, -0.15) is 0 Å². The van der Waals surface area contributed by atoms with Crippen molar-refractivity contribution in [3.63, 3.8) is 0 Å². The van der Waals surface area contributed by atoms with Crippen LogP contribution in [0.4, 0.5) is 0 Å². The van der Waals surface area contributed by atoms with Crippen LogP contribution in [0.15, 0.2) is 60.7 Å². The Morgan fingerprint density at radius 2 is 1.49 bits per heavy atom. The number of piperidine rings is 1. The molecule has 0 unspecified atom stereocenters. The van der Waals surface area contributed by atoms with Gasteiger partial charge in [0.1, 0.15) is 5.54 Å². The van der Waals surface area contributed by atoms with Gasteiger partial charge in [0.05, 0.1) is 19.3 Å². The van der Waals surface area contributed by atoms with Crippen molar-refractivity contribution in [2.45, 2.75) is 83.5 Å². The van der Waals surface area contributed by atoms with Gasteiger partial charge in [-0.25, -0.2) is 0 Å². The molecule has 0 bridgehead atoms. The van der Waals surface area contributed by atoms with Crippen LogP contribution >= 0.6 is 0 Å². The Hall–Kier alpha value is -2.70. The number of carbonyl (C=O) groups is 2. The molecule has 0 saturated carbocycles. The molecule has 2 aromatic rings. The van der Waals surface area contributed by atoms with Gasteiger partial charge in [0.15, 0.2) is 0 Å². The molecule has 0 radical (unpaired) electrons. The molecule has 2 saturated heterocycles. The molecule has 4 rings (SSSR count). The summed E-state index contributed by atoms with van der Waals surface area (Å²) in [4.78, 5) is 33.4. The second-order valence-electron chi connectivity index (χ2n) is 11.4. The van der Waals surface area contributed by atoms with Gasteiger partial charge in [-0.05, 0) is 63.1 Å². The van der Waals surface area contributed by atoms with Crippen molar-refractivity contribution in [3.8, 4) is 0 Å². The molecule has 6 nitrogen and oxygen atoms in total. The van der Waals surface area contributed by atoms with E-state index >= 15 is 0 Å². The number of aryl methyl sites for hydroxylation is 1. The molecule has 0 N–H and O–H groups in total. The summed E-state index contributed by atoms with van der Waals surface area (Å²) in [7, 11) is 0. The maximum absolute atomic E-state index is 14.0. The Morgan fingerprint density at radius 3 is 2.15 bits per heavy atom. The third-order valence-electron chi connectivity index (χ3n) is 8.35. The second kappa shape index (κ2) is 14.6. The van der Waals surface area contributed by atoms with Crippen molar-refractivity contribution in [2.24, 2.45) is 0 Å². The van der Waals surface area contributed by atoms with Crippen molar-refractivity contribution in [3.05, 3.63) is 71.8 Å². The van der Waals surface area contributed by atoms with Crippen LogP contribution in [0, 0.1) is 0 Å². The molecule has 6 heteroatoms. The first kappa shape index (κ1) is 29.3. The molecule has 2 aliphatic rings. The van der Waals surface area contributed by atoms with Crippen molar-refractivity contribution in [2.75, 3.05) is 39.3 Å². The van der Waals surface area contributed by atoms with Crippen LogP contribution in [0.5, 0.6) is 0 Å². The highest BCUT2D eigenvalue weighted by molar-refractivity contribution is 5.98. The van der Waals surface area contributed by atoms with E-state index in [1.54, 1.807) is 4.90 Å². The fourth-order valence-electron chi connectivity index (χ4n) is 6.15. The van der Waals surface area contributed by atoms with Crippen molar-refractivity contribution < 1.29 is 14.3 Å². The predicted molar refractivity (Wildman–Crippen MR) is 156 cm³/mol. The third-order valence-corrected chi connectivity index (χ3v) is 8.35. The van der Waals surface area contributed by atoms with Gasteiger partial charge in [-0.1, -0.05) is 80.4 Å². The van der Waals surface area contributed by atoms with Crippen LogP contribution in [-0.4, -0.2) is 77.4 Å². The van der Waals surface area contributed by atoms with Crippen LogP contribution in [-0.2, 0) is 27.4 Å². The average Bonchev–Trinajstić information content (AvgIpc) is 2.96. The monoisotopic (exact) mass is 533 g/mol. The van der Waals surface area contributed by atoms with E-state index in [9.17, 15) is 9.59 Å². The fourth-order valence-corrected chi connectivity index (χ4v) is 6.15. The number of hydrogen-bond acceptors (Lipinski definition) is 4. The van der Waals surface area contributed by atoms with E-state index in [4.69, 9.17) is 4.74 Å². The molecule has 2 aromatic carbocycles. The van der Waals surface area contributed by atoms with Crippen LogP contribution in [0.25, 0.3) is 0 Å². The standard InChI is InChI=1S/C33H47N3O3/c1-3-21-36-31(37)26-35(25-28(2)39-27-30-17-11-7-12-18-30)32(38)33(36)19-23-34(24-20-33)22-13-5-4-8-14-29-15-9-6-10-16-29/h6-7,9-12,15-18,28H,3-5,8,13-14,19-27H2,1-2H3/t28-/m1/s1. The lowest BCUT2D eigenvalue weighted by Gasteiger charge is -2.53. The minimum Gasteiger partial charge on any atom is -0.372 e. The minimum absolute atomic E-state index is 0.0820. The first-order chi connectivity index (χ1) is 19.0. The Bertz CT molecular complexity index is 1020. The smallest absolute Gasteiger partial charge is 0.249 e. The second-order valence-corrected chi connectivity index (χ2v) is 11.4. The summed E-state index contributed by atoms with van der Waals surface area (Å²) >= 11 is 0. The number of likely N-dealkylation sites (tertiary alicyclic amines) is 1. The average molecular weight is 534 g/mol.